The van der Waals surface area contributed by atoms with Crippen LogP contribution in [0.1, 0.15) is 34.2 Å². The van der Waals surface area contributed by atoms with Crippen LogP contribution in [0.25, 0.3) is 11.1 Å². The van der Waals surface area contributed by atoms with Gasteiger partial charge in [0, 0.05) is 0 Å². The van der Waals surface area contributed by atoms with E-state index >= 15 is 0 Å². The Morgan fingerprint density at radius 2 is 1.79 bits per heavy atom. The first-order valence-electron chi connectivity index (χ1n) is 6.83. The maximum Gasteiger partial charge on any atom is 0.0991 e. The Labute approximate surface area is 114 Å². The van der Waals surface area contributed by atoms with Crippen LogP contribution in [-0.4, -0.2) is 0 Å². The van der Waals surface area contributed by atoms with Gasteiger partial charge in [0.25, 0.3) is 0 Å². The summed E-state index contributed by atoms with van der Waals surface area (Å²) in [5.74, 6) is 0. The summed E-state index contributed by atoms with van der Waals surface area (Å²) in [5, 5.41) is 9.05. The van der Waals surface area contributed by atoms with Crippen LogP contribution in [0.4, 0.5) is 0 Å². The number of nitrogens with zero attached hydrogens (tertiary/aromatic N) is 1. The molecular weight excluding hydrogens is 230 g/mol. The number of nitriles is 1. The molecule has 2 aromatic rings. The van der Waals surface area contributed by atoms with Crippen molar-refractivity contribution in [1.29, 1.82) is 5.26 Å². The van der Waals surface area contributed by atoms with Gasteiger partial charge in [-0.15, -0.1) is 0 Å². The summed E-state index contributed by atoms with van der Waals surface area (Å²) >= 11 is 0. The minimum absolute atomic E-state index is 0.756. The molecule has 0 N–H and O–H groups in total. The molecule has 0 heterocycles. The van der Waals surface area contributed by atoms with Gasteiger partial charge in [-0.1, -0.05) is 18.2 Å². The van der Waals surface area contributed by atoms with Gasteiger partial charge in [-0.2, -0.15) is 5.26 Å². The molecule has 1 heteroatoms. The molecule has 0 aromatic heterocycles. The van der Waals surface area contributed by atoms with E-state index in [4.69, 9.17) is 5.26 Å². The van der Waals surface area contributed by atoms with E-state index in [9.17, 15) is 0 Å². The van der Waals surface area contributed by atoms with Crippen molar-refractivity contribution in [3.63, 3.8) is 0 Å². The lowest BCUT2D eigenvalue weighted by Crippen LogP contribution is -1.95. The molecule has 0 saturated carbocycles. The highest BCUT2D eigenvalue weighted by Crippen LogP contribution is 2.36. The van der Waals surface area contributed by atoms with E-state index in [1.807, 2.05) is 12.1 Å². The lowest BCUT2D eigenvalue weighted by molar-refractivity contribution is 0.912. The molecule has 1 nitrogen and oxygen atoms in total. The van der Waals surface area contributed by atoms with Crippen LogP contribution >= 0.6 is 0 Å². The fourth-order valence-corrected chi connectivity index (χ4v) is 3.31. The number of hydrogen-bond acceptors (Lipinski definition) is 1. The molecule has 0 amide bonds. The molecule has 2 aromatic carbocycles. The molecule has 0 radical (unpaired) electrons. The van der Waals surface area contributed by atoms with Crippen LogP contribution < -0.4 is 0 Å². The van der Waals surface area contributed by atoms with Gasteiger partial charge in [0.1, 0.15) is 0 Å². The van der Waals surface area contributed by atoms with E-state index in [0.717, 1.165) is 5.56 Å². The Balaban J connectivity index is 2.24. The van der Waals surface area contributed by atoms with E-state index in [-0.39, 0.29) is 0 Å². The van der Waals surface area contributed by atoms with Gasteiger partial charge >= 0.3 is 0 Å². The highest BCUT2D eigenvalue weighted by atomic mass is 14.3. The quantitative estimate of drug-likeness (QED) is 0.735. The predicted molar refractivity (Wildman–Crippen MR) is 78.1 cm³/mol. The zero-order valence-electron chi connectivity index (χ0n) is 11.5. The van der Waals surface area contributed by atoms with E-state index < -0.39 is 0 Å². The highest BCUT2D eigenvalue weighted by Gasteiger charge is 2.17. The third-order valence-electron chi connectivity index (χ3n) is 4.08. The van der Waals surface area contributed by atoms with Crippen LogP contribution in [0.2, 0.25) is 0 Å². The van der Waals surface area contributed by atoms with Crippen molar-refractivity contribution in [2.24, 2.45) is 0 Å². The maximum absolute atomic E-state index is 9.05. The Bertz CT molecular complexity index is 666. The lowest BCUT2D eigenvalue weighted by atomic mass is 9.89. The highest BCUT2D eigenvalue weighted by molar-refractivity contribution is 5.76. The summed E-state index contributed by atoms with van der Waals surface area (Å²) in [5.41, 5.74) is 8.87. The minimum atomic E-state index is 0.756. The molecule has 1 aliphatic carbocycles. The predicted octanol–water partition coefficient (Wildman–Crippen LogP) is 4.33. The summed E-state index contributed by atoms with van der Waals surface area (Å²) in [6, 6.07) is 12.9. The first-order chi connectivity index (χ1) is 9.20. The molecule has 0 bridgehead atoms. The van der Waals surface area contributed by atoms with Crippen molar-refractivity contribution >= 4 is 0 Å². The number of fused-ring (bicyclic) bond motifs is 1. The molecule has 0 unspecified atom stereocenters. The van der Waals surface area contributed by atoms with E-state index in [0.29, 0.717) is 0 Å². The second-order valence-corrected chi connectivity index (χ2v) is 5.39. The van der Waals surface area contributed by atoms with E-state index in [2.05, 4.69) is 38.1 Å². The van der Waals surface area contributed by atoms with Crippen molar-refractivity contribution in [2.45, 2.75) is 33.1 Å². The summed E-state index contributed by atoms with van der Waals surface area (Å²) < 4.78 is 0. The minimum Gasteiger partial charge on any atom is -0.192 e. The fraction of sp³-hybridized carbons (Fsp3) is 0.278. The Morgan fingerprint density at radius 3 is 2.47 bits per heavy atom. The maximum atomic E-state index is 9.05. The van der Waals surface area contributed by atoms with Crippen molar-refractivity contribution in [3.8, 4) is 17.2 Å². The standard InChI is InChI=1S/C18H17N/c1-12-9-14(11-19)10-13(2)18(12)17-8-4-6-15-5-3-7-16(15)17/h4,6,8-10H,3,5,7H2,1-2H3. The van der Waals surface area contributed by atoms with E-state index in [1.165, 1.54) is 52.6 Å². The number of aryl methyl sites for hydroxylation is 3. The van der Waals surface area contributed by atoms with Gasteiger partial charge in [-0.05, 0) is 78.6 Å². The fourth-order valence-electron chi connectivity index (χ4n) is 3.31. The third kappa shape index (κ3) is 1.94. The number of hydrogen-bond donors (Lipinski definition) is 0. The molecule has 0 saturated heterocycles. The summed E-state index contributed by atoms with van der Waals surface area (Å²) in [7, 11) is 0. The van der Waals surface area contributed by atoms with Gasteiger partial charge in [-0.25, -0.2) is 0 Å². The molecule has 0 fully saturated rings. The average Bonchev–Trinajstić information content (AvgIpc) is 2.86. The Hall–Kier alpha value is -2.07. The number of rotatable bonds is 1. The molecule has 94 valence electrons. The molecule has 0 spiro atoms. The summed E-state index contributed by atoms with van der Waals surface area (Å²) in [6.45, 7) is 4.22. The van der Waals surface area contributed by atoms with Crippen LogP contribution in [0, 0.1) is 25.2 Å². The van der Waals surface area contributed by atoms with Crippen molar-refractivity contribution < 1.29 is 0 Å². The normalized spacial score (nSPS) is 13.1. The molecule has 0 atom stereocenters. The molecular formula is C18H17N. The van der Waals surface area contributed by atoms with Gasteiger partial charge in [0.2, 0.25) is 0 Å². The van der Waals surface area contributed by atoms with Crippen molar-refractivity contribution in [1.82, 2.24) is 0 Å². The third-order valence-corrected chi connectivity index (χ3v) is 4.08. The molecule has 3 rings (SSSR count). The second kappa shape index (κ2) is 4.55. The van der Waals surface area contributed by atoms with Crippen LogP contribution in [0.15, 0.2) is 30.3 Å². The van der Waals surface area contributed by atoms with Gasteiger partial charge in [0.15, 0.2) is 0 Å². The average molecular weight is 247 g/mol. The van der Waals surface area contributed by atoms with Crippen LogP contribution in [-0.2, 0) is 12.8 Å². The molecule has 0 aliphatic heterocycles. The lowest BCUT2D eigenvalue weighted by Gasteiger charge is -2.14. The zero-order chi connectivity index (χ0) is 13.4. The number of benzene rings is 2. The first kappa shape index (κ1) is 12.0. The first-order valence-corrected chi connectivity index (χ1v) is 6.83. The Kier molecular flexibility index (Phi) is 2.87. The largest absolute Gasteiger partial charge is 0.192 e. The zero-order valence-corrected chi connectivity index (χ0v) is 11.5. The van der Waals surface area contributed by atoms with Gasteiger partial charge in [0.05, 0.1) is 11.6 Å². The second-order valence-electron chi connectivity index (χ2n) is 5.39. The van der Waals surface area contributed by atoms with Crippen LogP contribution in [0.5, 0.6) is 0 Å². The van der Waals surface area contributed by atoms with Crippen molar-refractivity contribution in [3.05, 3.63) is 58.1 Å². The Morgan fingerprint density at radius 1 is 1.05 bits per heavy atom. The molecule has 1 aliphatic rings. The van der Waals surface area contributed by atoms with Crippen LogP contribution in [0.3, 0.4) is 0 Å². The summed E-state index contributed by atoms with van der Waals surface area (Å²) in [4.78, 5) is 0. The smallest absolute Gasteiger partial charge is 0.0991 e. The SMILES string of the molecule is Cc1cc(C#N)cc(C)c1-c1cccc2c1CCC2. The van der Waals surface area contributed by atoms with E-state index in [1.54, 1.807) is 0 Å². The van der Waals surface area contributed by atoms with Gasteiger partial charge in [-0.3, -0.25) is 0 Å². The van der Waals surface area contributed by atoms with Crippen molar-refractivity contribution in [2.75, 3.05) is 0 Å². The monoisotopic (exact) mass is 247 g/mol. The van der Waals surface area contributed by atoms with Gasteiger partial charge < -0.3 is 0 Å². The summed E-state index contributed by atoms with van der Waals surface area (Å²) in [6.07, 6.45) is 3.66. The molecule has 19 heavy (non-hydrogen) atoms. The topological polar surface area (TPSA) is 23.8 Å².